The SMILES string of the molecule is O=C(/C=C/c1ccccc1)C1=C(O)C(=O)N(c2nnc(SCc3ccc(Cl)cc3Cl)s2)C1c1ccc([N+](=O)[O-])cc1. The number of aliphatic hydroxyl groups excluding tert-OH is 1. The summed E-state index contributed by atoms with van der Waals surface area (Å²) in [7, 11) is 0. The highest BCUT2D eigenvalue weighted by molar-refractivity contribution is 8.00. The number of halogens is 2. The third-order valence-electron chi connectivity index (χ3n) is 6.09. The lowest BCUT2D eigenvalue weighted by atomic mass is 9.95. The van der Waals surface area contributed by atoms with E-state index in [0.717, 1.165) is 22.5 Å². The zero-order chi connectivity index (χ0) is 29.1. The zero-order valence-electron chi connectivity index (χ0n) is 20.8. The third kappa shape index (κ3) is 6.18. The Balaban J connectivity index is 1.47. The molecule has 0 bridgehead atoms. The van der Waals surface area contributed by atoms with Crippen molar-refractivity contribution < 1.29 is 19.6 Å². The summed E-state index contributed by atoms with van der Waals surface area (Å²) in [6.07, 6.45) is 2.84. The first-order valence-electron chi connectivity index (χ1n) is 11.9. The molecule has 4 aromatic rings. The normalized spacial score (nSPS) is 15.2. The second-order valence-corrected chi connectivity index (χ2v) is 11.7. The van der Waals surface area contributed by atoms with E-state index in [0.29, 0.717) is 25.7 Å². The van der Waals surface area contributed by atoms with Crippen molar-refractivity contribution in [3.63, 3.8) is 0 Å². The molecule has 5 rings (SSSR count). The summed E-state index contributed by atoms with van der Waals surface area (Å²) in [6.45, 7) is 0. The van der Waals surface area contributed by atoms with Crippen molar-refractivity contribution >= 4 is 74.9 Å². The number of hydrogen-bond donors (Lipinski definition) is 1. The number of ketones is 1. The number of nitrogens with zero attached hydrogens (tertiary/aromatic N) is 4. The molecule has 13 heteroatoms. The van der Waals surface area contributed by atoms with Gasteiger partial charge in [-0.05, 0) is 47.0 Å². The van der Waals surface area contributed by atoms with Gasteiger partial charge in [-0.25, -0.2) is 0 Å². The van der Waals surface area contributed by atoms with Crippen molar-refractivity contribution in [3.8, 4) is 0 Å². The smallest absolute Gasteiger partial charge is 0.296 e. The van der Waals surface area contributed by atoms with Crippen molar-refractivity contribution in [1.29, 1.82) is 0 Å². The molecule has 41 heavy (non-hydrogen) atoms. The predicted octanol–water partition coefficient (Wildman–Crippen LogP) is 7.23. The summed E-state index contributed by atoms with van der Waals surface area (Å²) in [4.78, 5) is 38.6. The lowest BCUT2D eigenvalue weighted by Gasteiger charge is -2.23. The van der Waals surface area contributed by atoms with Crippen LogP contribution in [0.4, 0.5) is 10.8 Å². The van der Waals surface area contributed by atoms with Crippen LogP contribution in [0.2, 0.25) is 10.0 Å². The van der Waals surface area contributed by atoms with Gasteiger partial charge >= 0.3 is 0 Å². The average Bonchev–Trinajstić information content (AvgIpc) is 3.53. The Labute approximate surface area is 251 Å². The van der Waals surface area contributed by atoms with Crippen LogP contribution in [0.5, 0.6) is 0 Å². The molecule has 9 nitrogen and oxygen atoms in total. The summed E-state index contributed by atoms with van der Waals surface area (Å²) in [5, 5.41) is 31.6. The van der Waals surface area contributed by atoms with Crippen LogP contribution in [0.25, 0.3) is 6.08 Å². The summed E-state index contributed by atoms with van der Waals surface area (Å²) < 4.78 is 0.518. The molecule has 2 heterocycles. The number of anilines is 1. The molecule has 1 unspecified atom stereocenters. The minimum absolute atomic E-state index is 0.143. The molecule has 1 atom stereocenters. The van der Waals surface area contributed by atoms with E-state index in [9.17, 15) is 24.8 Å². The van der Waals surface area contributed by atoms with Crippen molar-refractivity contribution in [2.75, 3.05) is 4.90 Å². The second kappa shape index (κ2) is 12.2. The van der Waals surface area contributed by atoms with Crippen LogP contribution in [0.3, 0.4) is 0 Å². The highest BCUT2D eigenvalue weighted by Gasteiger charge is 2.45. The van der Waals surface area contributed by atoms with E-state index in [1.807, 2.05) is 18.2 Å². The molecule has 0 aliphatic carbocycles. The number of rotatable bonds is 9. The first-order valence-corrected chi connectivity index (χ1v) is 14.5. The fraction of sp³-hybridized carbons (Fsp3) is 0.0714. The summed E-state index contributed by atoms with van der Waals surface area (Å²) in [5.74, 6) is -1.70. The molecule has 0 fully saturated rings. The van der Waals surface area contributed by atoms with Crippen LogP contribution in [0.1, 0.15) is 22.7 Å². The van der Waals surface area contributed by atoms with Gasteiger partial charge in [-0.2, -0.15) is 0 Å². The Morgan fingerprint density at radius 2 is 1.83 bits per heavy atom. The van der Waals surface area contributed by atoms with Crippen molar-refractivity contribution in [1.82, 2.24) is 10.2 Å². The van der Waals surface area contributed by atoms with Crippen LogP contribution >= 0.6 is 46.3 Å². The van der Waals surface area contributed by atoms with Crippen molar-refractivity contribution in [2.24, 2.45) is 0 Å². The first-order chi connectivity index (χ1) is 19.7. The van der Waals surface area contributed by atoms with E-state index in [1.165, 1.54) is 47.0 Å². The molecule has 1 amide bonds. The first kappa shape index (κ1) is 28.5. The number of nitro groups is 1. The van der Waals surface area contributed by atoms with Gasteiger partial charge in [0.05, 0.1) is 16.5 Å². The number of carbonyl (C=O) groups is 2. The van der Waals surface area contributed by atoms with Gasteiger partial charge in [-0.3, -0.25) is 24.6 Å². The third-order valence-corrected chi connectivity index (χ3v) is 8.78. The predicted molar refractivity (Wildman–Crippen MR) is 159 cm³/mol. The van der Waals surface area contributed by atoms with Gasteiger partial charge in [0.15, 0.2) is 15.9 Å². The number of hydrogen-bond acceptors (Lipinski definition) is 9. The Kier molecular flexibility index (Phi) is 8.50. The van der Waals surface area contributed by atoms with Crippen LogP contribution in [0.15, 0.2) is 94.5 Å². The van der Waals surface area contributed by atoms with E-state index in [4.69, 9.17) is 23.2 Å². The number of allylic oxidation sites excluding steroid dienone is 1. The number of amides is 1. The lowest BCUT2D eigenvalue weighted by Crippen LogP contribution is -2.30. The van der Waals surface area contributed by atoms with Gasteiger partial charge in [0.1, 0.15) is 0 Å². The van der Waals surface area contributed by atoms with E-state index >= 15 is 0 Å². The molecular formula is C28H18Cl2N4O5S2. The van der Waals surface area contributed by atoms with Crippen LogP contribution in [-0.2, 0) is 15.3 Å². The maximum atomic E-state index is 13.4. The van der Waals surface area contributed by atoms with Gasteiger partial charge in [-0.15, -0.1) is 10.2 Å². The van der Waals surface area contributed by atoms with Gasteiger partial charge < -0.3 is 5.11 Å². The van der Waals surface area contributed by atoms with Gasteiger partial charge in [0, 0.05) is 27.9 Å². The number of benzene rings is 3. The van der Waals surface area contributed by atoms with Gasteiger partial charge in [-0.1, -0.05) is 88.8 Å². The van der Waals surface area contributed by atoms with Crippen LogP contribution in [-0.4, -0.2) is 31.9 Å². The van der Waals surface area contributed by atoms with Gasteiger partial charge in [0.2, 0.25) is 5.13 Å². The monoisotopic (exact) mass is 624 g/mol. The Morgan fingerprint density at radius 3 is 2.51 bits per heavy atom. The number of nitro benzene ring substituents is 1. The quantitative estimate of drug-likeness (QED) is 0.0679. The minimum atomic E-state index is -1.09. The Hall–Kier alpha value is -4.03. The van der Waals surface area contributed by atoms with E-state index in [2.05, 4.69) is 10.2 Å². The highest BCUT2D eigenvalue weighted by Crippen LogP contribution is 2.43. The molecule has 0 spiro atoms. The van der Waals surface area contributed by atoms with Crippen molar-refractivity contribution in [2.45, 2.75) is 16.1 Å². The number of thioether (sulfide) groups is 1. The van der Waals surface area contributed by atoms with E-state index in [-0.39, 0.29) is 16.4 Å². The zero-order valence-corrected chi connectivity index (χ0v) is 24.0. The molecule has 1 aliphatic heterocycles. The van der Waals surface area contributed by atoms with Crippen molar-refractivity contribution in [3.05, 3.63) is 127 Å². The summed E-state index contributed by atoms with van der Waals surface area (Å²) in [5.41, 5.74) is 1.62. The molecule has 0 radical (unpaired) electrons. The number of carbonyl (C=O) groups excluding carboxylic acids is 2. The number of aliphatic hydroxyl groups is 1. The fourth-order valence-corrected chi connectivity index (χ4v) is 6.54. The Bertz CT molecular complexity index is 1710. The molecule has 0 saturated carbocycles. The lowest BCUT2D eigenvalue weighted by molar-refractivity contribution is -0.384. The Morgan fingerprint density at radius 1 is 1.10 bits per heavy atom. The highest BCUT2D eigenvalue weighted by atomic mass is 35.5. The summed E-state index contributed by atoms with van der Waals surface area (Å²) in [6, 6.07) is 18.6. The summed E-state index contributed by atoms with van der Waals surface area (Å²) >= 11 is 14.7. The molecular weight excluding hydrogens is 607 g/mol. The maximum absolute atomic E-state index is 13.4. The second-order valence-electron chi connectivity index (χ2n) is 8.67. The van der Waals surface area contributed by atoms with Crippen LogP contribution in [0, 0.1) is 10.1 Å². The fourth-order valence-electron chi connectivity index (χ4n) is 4.11. The largest absolute Gasteiger partial charge is 0.503 e. The molecule has 1 aliphatic rings. The number of aromatic nitrogens is 2. The number of non-ortho nitro benzene ring substituents is 1. The van der Waals surface area contributed by atoms with Crippen LogP contribution < -0.4 is 4.90 Å². The van der Waals surface area contributed by atoms with Gasteiger partial charge in [0.25, 0.3) is 11.6 Å². The molecule has 3 aromatic carbocycles. The minimum Gasteiger partial charge on any atom is -0.503 e. The van der Waals surface area contributed by atoms with E-state index < -0.39 is 28.4 Å². The maximum Gasteiger partial charge on any atom is 0.296 e. The standard InChI is InChI=1S/C28H18Cl2N4O5S2/c29-19-10-7-18(21(30)14-19)15-40-28-32-31-27(41-28)33-24(17-8-11-20(12-9-17)34(38)39)23(25(36)26(33)37)22(35)13-6-16-4-2-1-3-5-16/h1-14,24,36H,15H2/b13-6+. The molecule has 1 N–H and O–H groups in total. The average molecular weight is 626 g/mol. The van der Waals surface area contributed by atoms with E-state index in [1.54, 1.807) is 36.4 Å². The molecule has 0 saturated heterocycles. The molecule has 1 aromatic heterocycles. The molecule has 206 valence electrons. The topological polar surface area (TPSA) is 127 Å².